The molecule has 0 atom stereocenters. The summed E-state index contributed by atoms with van der Waals surface area (Å²) in [5.74, 6) is 0.795. The molecule has 1 aromatic carbocycles. The van der Waals surface area contributed by atoms with Gasteiger partial charge in [-0.25, -0.2) is 4.98 Å². The number of carbonyl (C=O) groups is 1. The first-order valence-corrected chi connectivity index (χ1v) is 9.51. The summed E-state index contributed by atoms with van der Waals surface area (Å²) in [5.41, 5.74) is 1.56. The van der Waals surface area contributed by atoms with Crippen LogP contribution in [0.1, 0.15) is 35.7 Å². The topological polar surface area (TPSA) is 48.5 Å². The Bertz CT molecular complexity index is 817. The third kappa shape index (κ3) is 3.06. The molecular formula is C20H23ClN4O. The van der Waals surface area contributed by atoms with Gasteiger partial charge in [-0.1, -0.05) is 23.7 Å². The molecule has 2 aromatic rings. The Morgan fingerprint density at radius 3 is 2.77 bits per heavy atom. The number of halogens is 1. The predicted octanol–water partition coefficient (Wildman–Crippen LogP) is 3.30. The predicted molar refractivity (Wildman–Crippen MR) is 103 cm³/mol. The van der Waals surface area contributed by atoms with E-state index in [9.17, 15) is 4.79 Å². The number of fused-ring (bicyclic) bond motifs is 1. The molecule has 0 aliphatic carbocycles. The van der Waals surface area contributed by atoms with Crippen molar-refractivity contribution in [1.82, 2.24) is 15.2 Å². The van der Waals surface area contributed by atoms with Crippen molar-refractivity contribution in [3.63, 3.8) is 0 Å². The lowest BCUT2D eigenvalue weighted by Crippen LogP contribution is -2.67. The fraction of sp³-hybridized carbons (Fsp3) is 0.400. The number of nitrogens with zero attached hydrogens (tertiary/aromatic N) is 3. The van der Waals surface area contributed by atoms with Crippen LogP contribution >= 0.6 is 11.6 Å². The van der Waals surface area contributed by atoms with Crippen LogP contribution in [0.5, 0.6) is 0 Å². The fourth-order valence-electron chi connectivity index (χ4n) is 4.16. The maximum absolute atomic E-state index is 12.6. The molecule has 2 aliphatic rings. The highest BCUT2D eigenvalue weighted by Gasteiger charge is 2.45. The first-order chi connectivity index (χ1) is 12.6. The maximum atomic E-state index is 12.6. The van der Waals surface area contributed by atoms with Gasteiger partial charge >= 0.3 is 0 Å². The Morgan fingerprint density at radius 2 is 2.04 bits per heavy atom. The third-order valence-electron chi connectivity index (χ3n) is 5.44. The molecule has 0 radical (unpaired) electrons. The number of carbonyl (C=O) groups excluding carboxylic acids is 1. The molecule has 26 heavy (non-hydrogen) atoms. The molecular weight excluding hydrogens is 348 g/mol. The average molecular weight is 371 g/mol. The minimum absolute atomic E-state index is 0.0129. The lowest BCUT2D eigenvalue weighted by molar-refractivity contribution is 0.0762. The van der Waals surface area contributed by atoms with Gasteiger partial charge < -0.3 is 10.2 Å². The van der Waals surface area contributed by atoms with Crippen molar-refractivity contribution in [2.45, 2.75) is 32.0 Å². The summed E-state index contributed by atoms with van der Waals surface area (Å²) in [6, 6.07) is 11.7. The van der Waals surface area contributed by atoms with E-state index in [1.54, 1.807) is 6.20 Å². The van der Waals surface area contributed by atoms with Crippen LogP contribution in [0.3, 0.4) is 0 Å². The average Bonchev–Trinajstić information content (AvgIpc) is 2.64. The van der Waals surface area contributed by atoms with Gasteiger partial charge in [0, 0.05) is 50.2 Å². The van der Waals surface area contributed by atoms with Gasteiger partial charge in [0.1, 0.15) is 11.5 Å². The van der Waals surface area contributed by atoms with Crippen molar-refractivity contribution < 1.29 is 4.79 Å². The van der Waals surface area contributed by atoms with E-state index in [4.69, 9.17) is 11.6 Å². The third-order valence-corrected chi connectivity index (χ3v) is 5.68. The van der Waals surface area contributed by atoms with Crippen LogP contribution in [0, 0.1) is 0 Å². The quantitative estimate of drug-likeness (QED) is 0.900. The lowest BCUT2D eigenvalue weighted by Gasteiger charge is -2.52. The zero-order chi connectivity index (χ0) is 18.1. The fourth-order valence-corrected chi connectivity index (χ4v) is 4.37. The van der Waals surface area contributed by atoms with Crippen molar-refractivity contribution in [1.29, 1.82) is 0 Å². The van der Waals surface area contributed by atoms with Crippen LogP contribution in [0.25, 0.3) is 0 Å². The molecule has 1 amide bonds. The number of aromatic nitrogens is 1. The normalized spacial score (nSPS) is 19.3. The molecule has 1 spiro atoms. The number of piperidine rings is 1. The second-order valence-electron chi connectivity index (χ2n) is 7.01. The van der Waals surface area contributed by atoms with E-state index in [1.165, 1.54) is 5.56 Å². The summed E-state index contributed by atoms with van der Waals surface area (Å²) in [4.78, 5) is 21.8. The molecule has 1 aromatic heterocycles. The summed E-state index contributed by atoms with van der Waals surface area (Å²) in [7, 11) is 0. The zero-order valence-corrected chi connectivity index (χ0v) is 15.7. The van der Waals surface area contributed by atoms with Crippen molar-refractivity contribution in [2.75, 3.05) is 24.5 Å². The highest BCUT2D eigenvalue weighted by molar-refractivity contribution is 6.30. The Kier molecular flexibility index (Phi) is 4.59. The van der Waals surface area contributed by atoms with Crippen molar-refractivity contribution in [3.8, 4) is 0 Å². The molecule has 1 N–H and O–H groups in total. The molecule has 1 fully saturated rings. The van der Waals surface area contributed by atoms with Crippen molar-refractivity contribution in [3.05, 3.63) is 58.7 Å². The minimum Gasteiger partial charge on any atom is -0.333 e. The van der Waals surface area contributed by atoms with E-state index >= 15 is 0 Å². The van der Waals surface area contributed by atoms with Gasteiger partial charge in [-0.15, -0.1) is 0 Å². The molecule has 0 saturated carbocycles. The summed E-state index contributed by atoms with van der Waals surface area (Å²) < 4.78 is 0. The second kappa shape index (κ2) is 6.89. The number of benzene rings is 1. The number of nitrogens with one attached hydrogen (secondary N) is 1. The summed E-state index contributed by atoms with van der Waals surface area (Å²) in [6.07, 6.45) is 3.52. The van der Waals surface area contributed by atoms with E-state index in [1.807, 2.05) is 30.3 Å². The number of pyridine rings is 1. The molecule has 0 bridgehead atoms. The molecule has 1 saturated heterocycles. The number of anilines is 1. The van der Waals surface area contributed by atoms with Crippen molar-refractivity contribution in [2.24, 2.45) is 0 Å². The molecule has 2 aliphatic heterocycles. The van der Waals surface area contributed by atoms with Crippen LogP contribution in [-0.2, 0) is 6.54 Å². The SMILES string of the molecule is CCN1c2ncccc2C(=O)NC12CCN(Cc1cccc(Cl)c1)CC2. The monoisotopic (exact) mass is 370 g/mol. The van der Waals surface area contributed by atoms with E-state index in [2.05, 4.69) is 33.1 Å². The minimum atomic E-state index is -0.335. The van der Waals surface area contributed by atoms with Crippen molar-refractivity contribution >= 4 is 23.3 Å². The zero-order valence-electron chi connectivity index (χ0n) is 14.9. The van der Waals surface area contributed by atoms with E-state index in [0.29, 0.717) is 5.56 Å². The Labute approximate surface area is 159 Å². The van der Waals surface area contributed by atoms with Gasteiger partial charge in [0.05, 0.1) is 5.56 Å². The second-order valence-corrected chi connectivity index (χ2v) is 7.45. The number of rotatable bonds is 3. The number of hydrogen-bond acceptors (Lipinski definition) is 4. The highest BCUT2D eigenvalue weighted by Crippen LogP contribution is 2.36. The number of likely N-dealkylation sites (tertiary alicyclic amines) is 1. The van der Waals surface area contributed by atoms with Crippen LogP contribution in [0.15, 0.2) is 42.6 Å². The number of hydrogen-bond donors (Lipinski definition) is 1. The van der Waals surface area contributed by atoms with Gasteiger partial charge in [0.25, 0.3) is 5.91 Å². The van der Waals surface area contributed by atoms with Crippen LogP contribution in [0.2, 0.25) is 5.02 Å². The highest BCUT2D eigenvalue weighted by atomic mass is 35.5. The van der Waals surface area contributed by atoms with E-state index in [-0.39, 0.29) is 11.6 Å². The Balaban J connectivity index is 1.51. The largest absolute Gasteiger partial charge is 0.333 e. The summed E-state index contributed by atoms with van der Waals surface area (Å²) in [5, 5.41) is 4.06. The van der Waals surface area contributed by atoms with E-state index in [0.717, 1.165) is 49.9 Å². The molecule has 4 rings (SSSR count). The maximum Gasteiger partial charge on any atom is 0.256 e. The standard InChI is InChI=1S/C20H23ClN4O/c1-2-25-18-17(7-4-10-22-18)19(26)23-20(25)8-11-24(12-9-20)14-15-5-3-6-16(21)13-15/h3-7,10,13H,2,8-9,11-12,14H2,1H3,(H,23,26). The van der Waals surface area contributed by atoms with Gasteiger partial charge in [-0.3, -0.25) is 9.69 Å². The van der Waals surface area contributed by atoms with Crippen LogP contribution < -0.4 is 10.2 Å². The van der Waals surface area contributed by atoms with Gasteiger partial charge in [0.15, 0.2) is 0 Å². The Hall–Kier alpha value is -2.11. The van der Waals surface area contributed by atoms with E-state index < -0.39 is 0 Å². The summed E-state index contributed by atoms with van der Waals surface area (Å²) >= 11 is 6.10. The van der Waals surface area contributed by atoms with Gasteiger partial charge in [-0.2, -0.15) is 0 Å². The van der Waals surface area contributed by atoms with Gasteiger partial charge in [-0.05, 0) is 36.8 Å². The van der Waals surface area contributed by atoms with Gasteiger partial charge in [0.2, 0.25) is 0 Å². The Morgan fingerprint density at radius 1 is 1.23 bits per heavy atom. The lowest BCUT2D eigenvalue weighted by atomic mass is 9.91. The number of amides is 1. The first-order valence-electron chi connectivity index (χ1n) is 9.13. The molecule has 136 valence electrons. The summed E-state index contributed by atoms with van der Waals surface area (Å²) in [6.45, 7) is 5.66. The molecule has 0 unspecified atom stereocenters. The van der Waals surface area contributed by atoms with Crippen LogP contribution in [-0.4, -0.2) is 41.1 Å². The van der Waals surface area contributed by atoms with Crippen LogP contribution in [0.4, 0.5) is 5.82 Å². The molecule has 6 heteroatoms. The first kappa shape index (κ1) is 17.3. The smallest absolute Gasteiger partial charge is 0.256 e. The molecule has 5 nitrogen and oxygen atoms in total. The molecule has 3 heterocycles.